The molecule has 64 valence electrons. The summed E-state index contributed by atoms with van der Waals surface area (Å²) >= 11 is 0. The molecule has 1 atom stereocenters. The third-order valence-electron chi connectivity index (χ3n) is 1.98. The van der Waals surface area contributed by atoms with Gasteiger partial charge in [-0.2, -0.15) is 0 Å². The normalized spacial score (nSPS) is 28.6. The molecule has 2 heteroatoms. The molecule has 0 radical (unpaired) electrons. The zero-order chi connectivity index (χ0) is 9.35. The Kier molecular flexibility index (Phi) is 1.84. The van der Waals surface area contributed by atoms with Gasteiger partial charge in [-0.25, -0.2) is 0 Å². The van der Waals surface area contributed by atoms with Crippen LogP contribution in [0.2, 0.25) is 0 Å². The number of rotatable bonds is 0. The lowest BCUT2D eigenvalue weighted by Crippen LogP contribution is -2.47. The highest BCUT2D eigenvalue weighted by atomic mass is 16.2. The Hall–Kier alpha value is -0.530. The van der Waals surface area contributed by atoms with Gasteiger partial charge in [0.25, 0.3) is 0 Å². The second kappa shape index (κ2) is 2.84. The molecule has 0 aliphatic carbocycles. The third-order valence-corrected chi connectivity index (χ3v) is 1.98. The van der Waals surface area contributed by atoms with Gasteiger partial charge in [0.15, 0.2) is 0 Å². The van der Waals surface area contributed by atoms with E-state index in [-0.39, 0.29) is 11.4 Å². The first-order valence-corrected chi connectivity index (χ1v) is 4.16. The van der Waals surface area contributed by atoms with Gasteiger partial charge >= 0.3 is 0 Å². The Bertz CT molecular complexity index is 185. The number of piperidine rings is 1. The van der Waals surface area contributed by atoms with Gasteiger partial charge in [0.1, 0.15) is 0 Å². The molecule has 0 aromatic rings. The van der Waals surface area contributed by atoms with Crippen molar-refractivity contribution in [1.29, 1.82) is 0 Å². The fourth-order valence-electron chi connectivity index (χ4n) is 1.36. The first kappa shape index (κ1) is 7.14. The molecule has 1 fully saturated rings. The lowest BCUT2D eigenvalue weighted by Gasteiger charge is -2.38. The van der Waals surface area contributed by atoms with Crippen LogP contribution in [-0.4, -0.2) is 22.9 Å². The molecule has 0 bridgehead atoms. The van der Waals surface area contributed by atoms with Crippen molar-refractivity contribution in [3.8, 4) is 0 Å². The summed E-state index contributed by atoms with van der Waals surface area (Å²) in [5, 5.41) is 0. The van der Waals surface area contributed by atoms with Gasteiger partial charge in [0.05, 0.1) is 0 Å². The lowest BCUT2D eigenvalue weighted by atomic mass is 10.0. The van der Waals surface area contributed by atoms with Gasteiger partial charge in [-0.15, -0.1) is 0 Å². The molecular formula is C9H17NO. The van der Waals surface area contributed by atoms with Crippen LogP contribution in [-0.2, 0) is 4.79 Å². The molecule has 0 aromatic carbocycles. The second-order valence-electron chi connectivity index (χ2n) is 4.01. The van der Waals surface area contributed by atoms with Gasteiger partial charge in [0, 0.05) is 19.9 Å². The standard InChI is InChI=1S/C9H17NO/c1-9(2,3)10-7-5-4-6-8(10)11/h4-7H2,1-3H3/i6D. The van der Waals surface area contributed by atoms with Gasteiger partial charge in [0.2, 0.25) is 5.91 Å². The minimum absolute atomic E-state index is 0.00579. The van der Waals surface area contributed by atoms with Crippen LogP contribution in [0.25, 0.3) is 0 Å². The van der Waals surface area contributed by atoms with Crippen molar-refractivity contribution < 1.29 is 6.17 Å². The summed E-state index contributed by atoms with van der Waals surface area (Å²) in [6, 6.07) is 0. The number of carbonyl (C=O) groups excluding carboxylic acids is 1. The zero-order valence-corrected chi connectivity index (χ0v) is 7.55. The van der Waals surface area contributed by atoms with Gasteiger partial charge in [-0.3, -0.25) is 4.79 Å². The van der Waals surface area contributed by atoms with Crippen molar-refractivity contribution in [3.63, 3.8) is 0 Å². The maximum Gasteiger partial charge on any atom is 0.222 e. The van der Waals surface area contributed by atoms with Crippen molar-refractivity contribution in [1.82, 2.24) is 4.90 Å². The summed E-state index contributed by atoms with van der Waals surface area (Å²) in [5.74, 6) is -0.00579. The van der Waals surface area contributed by atoms with Crippen LogP contribution >= 0.6 is 0 Å². The molecule has 11 heavy (non-hydrogen) atoms. The van der Waals surface area contributed by atoms with E-state index in [9.17, 15) is 4.79 Å². The van der Waals surface area contributed by atoms with Crippen molar-refractivity contribution in [2.45, 2.75) is 45.5 Å². The third kappa shape index (κ3) is 1.95. The maximum absolute atomic E-state index is 11.5. The van der Waals surface area contributed by atoms with Crippen LogP contribution in [0, 0.1) is 0 Å². The first-order chi connectivity index (χ1) is 5.43. The number of carbonyl (C=O) groups is 1. The van der Waals surface area contributed by atoms with E-state index in [4.69, 9.17) is 1.37 Å². The zero-order valence-electron chi connectivity index (χ0n) is 8.55. The van der Waals surface area contributed by atoms with Crippen LogP contribution in [0.15, 0.2) is 0 Å². The summed E-state index contributed by atoms with van der Waals surface area (Å²) in [6.45, 7) is 6.87. The minimum atomic E-state index is -0.516. The van der Waals surface area contributed by atoms with Crippen molar-refractivity contribution in [3.05, 3.63) is 0 Å². The van der Waals surface area contributed by atoms with E-state index >= 15 is 0 Å². The summed E-state index contributed by atoms with van der Waals surface area (Å²) in [5.41, 5.74) is -0.114. The number of likely N-dealkylation sites (tertiary alicyclic amines) is 1. The maximum atomic E-state index is 11.5. The number of hydrogen-bond donors (Lipinski definition) is 0. The smallest absolute Gasteiger partial charge is 0.222 e. The predicted molar refractivity (Wildman–Crippen MR) is 45.3 cm³/mol. The van der Waals surface area contributed by atoms with Crippen LogP contribution in [0.3, 0.4) is 0 Å². The highest BCUT2D eigenvalue weighted by Crippen LogP contribution is 2.20. The van der Waals surface area contributed by atoms with E-state index in [0.717, 1.165) is 19.4 Å². The topological polar surface area (TPSA) is 20.3 Å². The van der Waals surface area contributed by atoms with Crippen LogP contribution in [0.5, 0.6) is 0 Å². The summed E-state index contributed by atoms with van der Waals surface area (Å²) in [4.78, 5) is 13.3. The Labute approximate surface area is 70.0 Å². The van der Waals surface area contributed by atoms with E-state index in [1.807, 2.05) is 25.7 Å². The van der Waals surface area contributed by atoms with Crippen molar-refractivity contribution in [2.75, 3.05) is 6.54 Å². The SMILES string of the molecule is [2H]C1CCCN(C(C)(C)C)C1=O. The molecule has 2 nitrogen and oxygen atoms in total. The van der Waals surface area contributed by atoms with E-state index in [0.29, 0.717) is 0 Å². The molecule has 1 unspecified atom stereocenters. The average molecular weight is 156 g/mol. The quantitative estimate of drug-likeness (QED) is 0.523. The number of nitrogens with zero attached hydrogens (tertiary/aromatic N) is 1. The molecule has 1 rings (SSSR count). The van der Waals surface area contributed by atoms with Gasteiger partial charge in [-0.1, -0.05) is 0 Å². The molecule has 1 heterocycles. The predicted octanol–water partition coefficient (Wildman–Crippen LogP) is 1.80. The van der Waals surface area contributed by atoms with Gasteiger partial charge < -0.3 is 4.90 Å². The summed E-state index contributed by atoms with van der Waals surface area (Å²) < 4.78 is 7.50. The average Bonchev–Trinajstić information content (AvgIpc) is 1.92. The Morgan fingerprint density at radius 2 is 2.09 bits per heavy atom. The minimum Gasteiger partial charge on any atom is -0.338 e. The van der Waals surface area contributed by atoms with E-state index in [2.05, 4.69) is 0 Å². The Morgan fingerprint density at radius 3 is 2.55 bits per heavy atom. The lowest BCUT2D eigenvalue weighted by molar-refractivity contribution is -0.138. The highest BCUT2D eigenvalue weighted by Gasteiger charge is 2.27. The Balaban J connectivity index is 2.71. The van der Waals surface area contributed by atoms with E-state index in [1.165, 1.54) is 0 Å². The van der Waals surface area contributed by atoms with Crippen molar-refractivity contribution >= 4 is 5.91 Å². The molecule has 1 aliphatic heterocycles. The molecule has 1 aliphatic rings. The molecule has 0 spiro atoms. The molecule has 0 saturated carbocycles. The molecule has 0 N–H and O–H groups in total. The second-order valence-corrected chi connectivity index (χ2v) is 4.01. The monoisotopic (exact) mass is 156 g/mol. The van der Waals surface area contributed by atoms with Gasteiger partial charge in [-0.05, 0) is 33.6 Å². The van der Waals surface area contributed by atoms with Crippen molar-refractivity contribution in [2.24, 2.45) is 0 Å². The molecule has 1 amide bonds. The van der Waals surface area contributed by atoms with Crippen LogP contribution in [0.1, 0.15) is 41.4 Å². The fraction of sp³-hybridized carbons (Fsp3) is 0.889. The van der Waals surface area contributed by atoms with E-state index in [1.54, 1.807) is 0 Å². The molecule has 1 saturated heterocycles. The number of amides is 1. The summed E-state index contributed by atoms with van der Waals surface area (Å²) in [6.07, 6.45) is 1.18. The van der Waals surface area contributed by atoms with Crippen LogP contribution < -0.4 is 0 Å². The van der Waals surface area contributed by atoms with Crippen LogP contribution in [0.4, 0.5) is 0 Å². The Morgan fingerprint density at radius 1 is 1.45 bits per heavy atom. The first-order valence-electron chi connectivity index (χ1n) is 4.74. The summed E-state index contributed by atoms with van der Waals surface area (Å²) in [7, 11) is 0. The fourth-order valence-corrected chi connectivity index (χ4v) is 1.36. The van der Waals surface area contributed by atoms with E-state index < -0.39 is 6.40 Å². The number of hydrogen-bond acceptors (Lipinski definition) is 1. The highest BCUT2D eigenvalue weighted by molar-refractivity contribution is 5.77. The largest absolute Gasteiger partial charge is 0.338 e. The molecule has 0 aromatic heterocycles. The molecular weight excluding hydrogens is 138 g/mol.